The van der Waals surface area contributed by atoms with Crippen LogP contribution in [-0.2, 0) is 6.54 Å². The van der Waals surface area contributed by atoms with Crippen LogP contribution in [0.15, 0.2) is 18.2 Å². The van der Waals surface area contributed by atoms with Crippen molar-refractivity contribution in [2.24, 2.45) is 11.7 Å². The monoisotopic (exact) mass is 282 g/mol. The summed E-state index contributed by atoms with van der Waals surface area (Å²) in [5.74, 6) is -0.730. The highest BCUT2D eigenvalue weighted by molar-refractivity contribution is 5.92. The fourth-order valence-corrected chi connectivity index (χ4v) is 2.22. The second-order valence-electron chi connectivity index (χ2n) is 4.95. The number of nitrogens with two attached hydrogens (primary N) is 1. The van der Waals surface area contributed by atoms with Gasteiger partial charge in [-0.3, -0.25) is 4.79 Å². The smallest absolute Gasteiger partial charge is 0.248 e. The molecule has 20 heavy (non-hydrogen) atoms. The number of primary amides is 1. The molecule has 1 aromatic carbocycles. The minimum Gasteiger partial charge on any atom is -0.392 e. The Bertz CT molecular complexity index is 447. The molecule has 0 heterocycles. The maximum absolute atomic E-state index is 13.6. The summed E-state index contributed by atoms with van der Waals surface area (Å²) in [5, 5.41) is 13.0. The lowest BCUT2D eigenvalue weighted by atomic mass is 9.96. The highest BCUT2D eigenvalue weighted by atomic mass is 19.1. The standard InChI is InChI=1S/C15H23FN2O2/c1-3-10(4-2)14(19)9-18-8-12-7-11(15(17)20)5-6-13(12)16/h5-7,10,14,18-19H,3-4,8-9H2,1-2H3,(H2,17,20). The number of halogens is 1. The van der Waals surface area contributed by atoms with Gasteiger partial charge in [0.05, 0.1) is 6.10 Å². The predicted octanol–water partition coefficient (Wildman–Crippen LogP) is 1.81. The number of rotatable bonds is 8. The summed E-state index contributed by atoms with van der Waals surface area (Å²) >= 11 is 0. The molecule has 0 aliphatic carbocycles. The first kappa shape index (κ1) is 16.6. The molecule has 0 saturated heterocycles. The lowest BCUT2D eigenvalue weighted by molar-refractivity contribution is 0.0996. The molecule has 1 aromatic rings. The second-order valence-corrected chi connectivity index (χ2v) is 4.95. The molecule has 0 aliphatic rings. The highest BCUT2D eigenvalue weighted by Gasteiger charge is 2.15. The summed E-state index contributed by atoms with van der Waals surface area (Å²) in [6.45, 7) is 4.72. The van der Waals surface area contributed by atoms with Gasteiger partial charge in [0, 0.05) is 24.2 Å². The van der Waals surface area contributed by atoms with E-state index < -0.39 is 12.0 Å². The van der Waals surface area contributed by atoms with E-state index in [0.717, 1.165) is 12.8 Å². The minimum atomic E-state index is -0.580. The van der Waals surface area contributed by atoms with Crippen molar-refractivity contribution < 1.29 is 14.3 Å². The number of hydrogen-bond acceptors (Lipinski definition) is 3. The van der Waals surface area contributed by atoms with Crippen LogP contribution in [0, 0.1) is 11.7 Å². The van der Waals surface area contributed by atoms with Gasteiger partial charge in [-0.2, -0.15) is 0 Å². The van der Waals surface area contributed by atoms with E-state index in [1.807, 2.05) is 13.8 Å². The van der Waals surface area contributed by atoms with E-state index in [9.17, 15) is 14.3 Å². The third-order valence-electron chi connectivity index (χ3n) is 3.59. The lowest BCUT2D eigenvalue weighted by Gasteiger charge is -2.20. The molecule has 0 radical (unpaired) electrons. The Hall–Kier alpha value is -1.46. The third kappa shape index (κ3) is 4.58. The summed E-state index contributed by atoms with van der Waals surface area (Å²) in [5.41, 5.74) is 5.82. The zero-order chi connectivity index (χ0) is 15.1. The van der Waals surface area contributed by atoms with Crippen molar-refractivity contribution in [2.45, 2.75) is 39.3 Å². The van der Waals surface area contributed by atoms with Crippen LogP contribution in [0.1, 0.15) is 42.6 Å². The SMILES string of the molecule is CCC(CC)C(O)CNCc1cc(C(N)=O)ccc1F. The molecule has 1 rings (SSSR count). The van der Waals surface area contributed by atoms with Gasteiger partial charge >= 0.3 is 0 Å². The Morgan fingerprint density at radius 3 is 2.60 bits per heavy atom. The molecule has 4 nitrogen and oxygen atoms in total. The van der Waals surface area contributed by atoms with Crippen molar-refractivity contribution in [3.8, 4) is 0 Å². The zero-order valence-electron chi connectivity index (χ0n) is 12.0. The van der Waals surface area contributed by atoms with Crippen molar-refractivity contribution in [1.29, 1.82) is 0 Å². The van der Waals surface area contributed by atoms with Gasteiger partial charge < -0.3 is 16.2 Å². The van der Waals surface area contributed by atoms with Crippen molar-refractivity contribution in [3.05, 3.63) is 35.1 Å². The molecule has 1 atom stereocenters. The average molecular weight is 282 g/mol. The molecular formula is C15H23FN2O2. The molecule has 4 N–H and O–H groups in total. The summed E-state index contributed by atoms with van der Waals surface area (Å²) in [4.78, 5) is 11.1. The van der Waals surface area contributed by atoms with Gasteiger partial charge in [0.1, 0.15) is 5.82 Å². The number of carbonyl (C=O) groups is 1. The molecule has 1 amide bonds. The van der Waals surface area contributed by atoms with Crippen LogP contribution in [0.25, 0.3) is 0 Å². The number of benzene rings is 1. The van der Waals surface area contributed by atoms with Gasteiger partial charge in [0.2, 0.25) is 5.91 Å². The van der Waals surface area contributed by atoms with E-state index in [1.54, 1.807) is 0 Å². The molecule has 0 saturated carbocycles. The highest BCUT2D eigenvalue weighted by Crippen LogP contribution is 2.13. The zero-order valence-corrected chi connectivity index (χ0v) is 12.0. The first-order valence-electron chi connectivity index (χ1n) is 6.96. The first-order chi connectivity index (χ1) is 9.49. The number of carbonyl (C=O) groups excluding carboxylic acids is 1. The molecular weight excluding hydrogens is 259 g/mol. The van der Waals surface area contributed by atoms with Crippen molar-refractivity contribution in [2.75, 3.05) is 6.54 Å². The van der Waals surface area contributed by atoms with Crippen LogP contribution in [0.2, 0.25) is 0 Å². The van der Waals surface area contributed by atoms with Crippen LogP contribution in [0.4, 0.5) is 4.39 Å². The maximum Gasteiger partial charge on any atom is 0.248 e. The molecule has 0 bridgehead atoms. The largest absolute Gasteiger partial charge is 0.392 e. The van der Waals surface area contributed by atoms with Crippen LogP contribution in [0.3, 0.4) is 0 Å². The van der Waals surface area contributed by atoms with Gasteiger partial charge in [-0.25, -0.2) is 4.39 Å². The summed E-state index contributed by atoms with van der Waals surface area (Å²) in [7, 11) is 0. The van der Waals surface area contributed by atoms with Crippen molar-refractivity contribution in [3.63, 3.8) is 0 Å². The van der Waals surface area contributed by atoms with E-state index in [1.165, 1.54) is 18.2 Å². The number of aliphatic hydroxyl groups is 1. The Kier molecular flexibility index (Phi) is 6.61. The van der Waals surface area contributed by atoms with E-state index >= 15 is 0 Å². The van der Waals surface area contributed by atoms with Crippen LogP contribution in [0.5, 0.6) is 0 Å². The molecule has 112 valence electrons. The lowest BCUT2D eigenvalue weighted by Crippen LogP contribution is -2.32. The van der Waals surface area contributed by atoms with E-state index in [-0.39, 0.29) is 23.8 Å². The van der Waals surface area contributed by atoms with Gasteiger partial charge in [-0.05, 0) is 24.1 Å². The number of hydrogen-bond donors (Lipinski definition) is 3. The van der Waals surface area contributed by atoms with Gasteiger partial charge in [0.15, 0.2) is 0 Å². The normalized spacial score (nSPS) is 12.7. The van der Waals surface area contributed by atoms with Crippen molar-refractivity contribution in [1.82, 2.24) is 5.32 Å². The van der Waals surface area contributed by atoms with E-state index in [2.05, 4.69) is 5.32 Å². The third-order valence-corrected chi connectivity index (χ3v) is 3.59. The molecule has 0 fully saturated rings. The molecule has 0 spiro atoms. The van der Waals surface area contributed by atoms with Gasteiger partial charge in [0.25, 0.3) is 0 Å². The van der Waals surface area contributed by atoms with Crippen LogP contribution in [-0.4, -0.2) is 23.7 Å². The summed E-state index contributed by atoms with van der Waals surface area (Å²) < 4.78 is 13.6. The quantitative estimate of drug-likeness (QED) is 0.680. The minimum absolute atomic E-state index is 0.240. The Labute approximate surface area is 119 Å². The van der Waals surface area contributed by atoms with Crippen molar-refractivity contribution >= 4 is 5.91 Å². The fourth-order valence-electron chi connectivity index (χ4n) is 2.22. The second kappa shape index (κ2) is 7.97. The summed E-state index contributed by atoms with van der Waals surface area (Å²) in [6, 6.07) is 4.03. The fraction of sp³-hybridized carbons (Fsp3) is 0.533. The van der Waals surface area contributed by atoms with E-state index in [0.29, 0.717) is 12.1 Å². The average Bonchev–Trinajstić information content (AvgIpc) is 2.42. The first-order valence-corrected chi connectivity index (χ1v) is 6.96. The number of amides is 1. The van der Waals surface area contributed by atoms with Gasteiger partial charge in [-0.1, -0.05) is 26.7 Å². The molecule has 0 aliphatic heterocycles. The number of aliphatic hydroxyl groups excluding tert-OH is 1. The van der Waals surface area contributed by atoms with Crippen LogP contribution >= 0.6 is 0 Å². The topological polar surface area (TPSA) is 75.3 Å². The Morgan fingerprint density at radius 2 is 2.05 bits per heavy atom. The molecule has 0 aromatic heterocycles. The Morgan fingerprint density at radius 1 is 1.40 bits per heavy atom. The van der Waals surface area contributed by atoms with Gasteiger partial charge in [-0.15, -0.1) is 0 Å². The molecule has 1 unspecified atom stereocenters. The van der Waals surface area contributed by atoms with Crippen LogP contribution < -0.4 is 11.1 Å². The summed E-state index contributed by atoms with van der Waals surface area (Å²) in [6.07, 6.45) is 1.36. The van der Waals surface area contributed by atoms with E-state index in [4.69, 9.17) is 5.73 Å². The number of nitrogens with one attached hydrogen (secondary N) is 1. The maximum atomic E-state index is 13.6. The Balaban J connectivity index is 2.57. The predicted molar refractivity (Wildman–Crippen MR) is 76.7 cm³/mol. The molecule has 5 heteroatoms.